The smallest absolute Gasteiger partial charge is 0.253 e. The highest BCUT2D eigenvalue weighted by atomic mass is 16.2. The van der Waals surface area contributed by atoms with Crippen molar-refractivity contribution >= 4 is 11.8 Å². The summed E-state index contributed by atoms with van der Waals surface area (Å²) in [5, 5.41) is 7.28. The van der Waals surface area contributed by atoms with Gasteiger partial charge >= 0.3 is 0 Å². The van der Waals surface area contributed by atoms with Crippen molar-refractivity contribution in [1.82, 2.24) is 20.0 Å². The number of rotatable bonds is 5. The number of benzene rings is 2. The summed E-state index contributed by atoms with van der Waals surface area (Å²) >= 11 is 0. The van der Waals surface area contributed by atoms with Crippen molar-refractivity contribution in [2.45, 2.75) is 25.4 Å². The van der Waals surface area contributed by atoms with Crippen LogP contribution in [-0.4, -0.2) is 45.6 Å². The van der Waals surface area contributed by atoms with Gasteiger partial charge in [-0.1, -0.05) is 30.3 Å². The molecule has 1 aliphatic heterocycles. The van der Waals surface area contributed by atoms with Crippen LogP contribution < -0.4 is 5.32 Å². The Morgan fingerprint density at radius 1 is 0.931 bits per heavy atom. The Morgan fingerprint density at radius 2 is 1.66 bits per heavy atom. The van der Waals surface area contributed by atoms with Gasteiger partial charge in [-0.05, 0) is 48.7 Å². The monoisotopic (exact) mass is 388 g/mol. The number of likely N-dealkylation sites (tertiary alicyclic amines) is 1. The molecule has 0 aliphatic carbocycles. The molecule has 1 fully saturated rings. The number of carbonyl (C=O) groups is 2. The fourth-order valence-corrected chi connectivity index (χ4v) is 3.60. The van der Waals surface area contributed by atoms with Crippen LogP contribution in [0.5, 0.6) is 0 Å². The summed E-state index contributed by atoms with van der Waals surface area (Å²) < 4.78 is 1.85. The van der Waals surface area contributed by atoms with Crippen LogP contribution in [0.15, 0.2) is 73.1 Å². The van der Waals surface area contributed by atoms with Gasteiger partial charge in [0.25, 0.3) is 11.8 Å². The Labute approximate surface area is 170 Å². The second kappa shape index (κ2) is 8.73. The Kier molecular flexibility index (Phi) is 5.70. The van der Waals surface area contributed by atoms with Gasteiger partial charge in [0.05, 0.1) is 6.54 Å². The lowest BCUT2D eigenvalue weighted by Crippen LogP contribution is -2.46. The molecule has 2 aromatic carbocycles. The normalized spacial score (nSPS) is 14.6. The summed E-state index contributed by atoms with van der Waals surface area (Å²) in [5.41, 5.74) is 2.47. The number of aromatic nitrogens is 2. The zero-order valence-corrected chi connectivity index (χ0v) is 16.2. The summed E-state index contributed by atoms with van der Waals surface area (Å²) in [4.78, 5) is 27.0. The van der Waals surface area contributed by atoms with E-state index in [2.05, 4.69) is 10.4 Å². The first-order valence-electron chi connectivity index (χ1n) is 9.90. The number of hydrogen-bond donors (Lipinski definition) is 1. The molecule has 1 aromatic heterocycles. The van der Waals surface area contributed by atoms with E-state index < -0.39 is 0 Å². The maximum Gasteiger partial charge on any atom is 0.253 e. The van der Waals surface area contributed by atoms with Gasteiger partial charge in [-0.15, -0.1) is 0 Å². The minimum absolute atomic E-state index is 0.0449. The SMILES string of the molecule is O=C(NC1CCN(C(=O)c2ccc(Cn3cccn3)cc2)CC1)c1ccccc1. The average molecular weight is 388 g/mol. The van der Waals surface area contributed by atoms with E-state index >= 15 is 0 Å². The van der Waals surface area contributed by atoms with Gasteiger partial charge in [0, 0.05) is 42.7 Å². The molecule has 1 aliphatic rings. The third-order valence-electron chi connectivity index (χ3n) is 5.26. The molecule has 0 bridgehead atoms. The van der Waals surface area contributed by atoms with Gasteiger partial charge < -0.3 is 10.2 Å². The molecular formula is C23H24N4O2. The third-order valence-corrected chi connectivity index (χ3v) is 5.26. The maximum absolute atomic E-state index is 12.8. The van der Waals surface area contributed by atoms with E-state index in [1.165, 1.54) is 0 Å². The molecule has 29 heavy (non-hydrogen) atoms. The van der Waals surface area contributed by atoms with E-state index in [0.717, 1.165) is 18.4 Å². The van der Waals surface area contributed by atoms with E-state index in [1.54, 1.807) is 6.20 Å². The quantitative estimate of drug-likeness (QED) is 0.731. The van der Waals surface area contributed by atoms with Gasteiger partial charge in [-0.25, -0.2) is 0 Å². The lowest BCUT2D eigenvalue weighted by Gasteiger charge is -2.32. The number of amides is 2. The average Bonchev–Trinajstić information content (AvgIpc) is 3.28. The lowest BCUT2D eigenvalue weighted by molar-refractivity contribution is 0.0698. The molecule has 1 N–H and O–H groups in total. The first-order chi connectivity index (χ1) is 14.2. The van der Waals surface area contributed by atoms with Crippen LogP contribution in [0.2, 0.25) is 0 Å². The summed E-state index contributed by atoms with van der Waals surface area (Å²) in [6, 6.07) is 18.9. The Balaban J connectivity index is 1.29. The first kappa shape index (κ1) is 18.9. The second-order valence-electron chi connectivity index (χ2n) is 7.31. The lowest BCUT2D eigenvalue weighted by atomic mass is 10.0. The summed E-state index contributed by atoms with van der Waals surface area (Å²) in [6.45, 7) is 1.98. The molecule has 0 atom stereocenters. The largest absolute Gasteiger partial charge is 0.349 e. The van der Waals surface area contributed by atoms with E-state index in [-0.39, 0.29) is 17.9 Å². The number of nitrogens with zero attached hydrogens (tertiary/aromatic N) is 3. The summed E-state index contributed by atoms with van der Waals surface area (Å²) in [6.07, 6.45) is 5.20. The minimum atomic E-state index is -0.0526. The minimum Gasteiger partial charge on any atom is -0.349 e. The Bertz CT molecular complexity index is 944. The van der Waals surface area contributed by atoms with E-state index in [0.29, 0.717) is 30.8 Å². The molecule has 6 heteroatoms. The fourth-order valence-electron chi connectivity index (χ4n) is 3.60. The van der Waals surface area contributed by atoms with E-state index in [1.807, 2.05) is 76.4 Å². The molecule has 2 amide bonds. The highest BCUT2D eigenvalue weighted by Gasteiger charge is 2.24. The topological polar surface area (TPSA) is 67.2 Å². The van der Waals surface area contributed by atoms with Crippen LogP contribution in [-0.2, 0) is 6.54 Å². The highest BCUT2D eigenvalue weighted by Crippen LogP contribution is 2.16. The molecular weight excluding hydrogens is 364 g/mol. The van der Waals surface area contributed by atoms with Gasteiger partial charge in [0.1, 0.15) is 0 Å². The van der Waals surface area contributed by atoms with Crippen LogP contribution in [0.25, 0.3) is 0 Å². The molecule has 4 rings (SSSR count). The van der Waals surface area contributed by atoms with Gasteiger partial charge in [-0.2, -0.15) is 5.10 Å². The summed E-state index contributed by atoms with van der Waals surface area (Å²) in [7, 11) is 0. The Morgan fingerprint density at radius 3 is 2.31 bits per heavy atom. The maximum atomic E-state index is 12.8. The molecule has 148 valence electrons. The molecule has 0 spiro atoms. The molecule has 2 heterocycles. The van der Waals surface area contributed by atoms with Gasteiger partial charge in [0.15, 0.2) is 0 Å². The van der Waals surface area contributed by atoms with Gasteiger partial charge in [-0.3, -0.25) is 14.3 Å². The van der Waals surface area contributed by atoms with Crippen molar-refractivity contribution in [3.05, 3.63) is 89.7 Å². The Hall–Kier alpha value is -3.41. The van der Waals surface area contributed by atoms with E-state index in [9.17, 15) is 9.59 Å². The van der Waals surface area contributed by atoms with E-state index in [4.69, 9.17) is 0 Å². The predicted octanol–water partition coefficient (Wildman–Crippen LogP) is 2.97. The first-order valence-corrected chi connectivity index (χ1v) is 9.90. The number of piperidine rings is 1. The summed E-state index contributed by atoms with van der Waals surface area (Å²) in [5.74, 6) is -0.00776. The molecule has 0 unspecified atom stereocenters. The molecule has 1 saturated heterocycles. The van der Waals surface area contributed by atoms with Crippen molar-refractivity contribution in [2.75, 3.05) is 13.1 Å². The van der Waals surface area contributed by atoms with Crippen molar-refractivity contribution in [1.29, 1.82) is 0 Å². The molecule has 0 radical (unpaired) electrons. The van der Waals surface area contributed by atoms with Crippen molar-refractivity contribution in [3.8, 4) is 0 Å². The number of carbonyl (C=O) groups excluding carboxylic acids is 2. The van der Waals surface area contributed by atoms with Crippen molar-refractivity contribution in [2.24, 2.45) is 0 Å². The van der Waals surface area contributed by atoms with Crippen molar-refractivity contribution < 1.29 is 9.59 Å². The molecule has 6 nitrogen and oxygen atoms in total. The predicted molar refractivity (Wildman–Crippen MR) is 111 cm³/mol. The second-order valence-corrected chi connectivity index (χ2v) is 7.31. The van der Waals surface area contributed by atoms with Crippen LogP contribution in [0, 0.1) is 0 Å². The zero-order valence-electron chi connectivity index (χ0n) is 16.2. The standard InChI is InChI=1S/C23H24N4O2/c28-22(19-5-2-1-3-6-19)25-21-11-15-26(16-12-21)23(29)20-9-7-18(8-10-20)17-27-14-4-13-24-27/h1-10,13-14,21H,11-12,15-17H2,(H,25,28). The van der Waals surface area contributed by atoms with Crippen LogP contribution in [0.1, 0.15) is 39.1 Å². The highest BCUT2D eigenvalue weighted by molar-refractivity contribution is 5.95. The van der Waals surface area contributed by atoms with Gasteiger partial charge in [0.2, 0.25) is 0 Å². The van der Waals surface area contributed by atoms with Crippen molar-refractivity contribution in [3.63, 3.8) is 0 Å². The number of nitrogens with one attached hydrogen (secondary N) is 1. The molecule has 0 saturated carbocycles. The fraction of sp³-hybridized carbons (Fsp3) is 0.261. The number of hydrogen-bond acceptors (Lipinski definition) is 3. The van der Waals surface area contributed by atoms with Crippen LogP contribution in [0.3, 0.4) is 0 Å². The van der Waals surface area contributed by atoms with Crippen LogP contribution in [0.4, 0.5) is 0 Å². The third kappa shape index (κ3) is 4.71. The molecule has 3 aromatic rings. The van der Waals surface area contributed by atoms with Crippen LogP contribution >= 0.6 is 0 Å². The zero-order chi connectivity index (χ0) is 20.1.